The van der Waals surface area contributed by atoms with Crippen molar-refractivity contribution in [2.24, 2.45) is 0 Å². The zero-order valence-corrected chi connectivity index (χ0v) is 15.3. The van der Waals surface area contributed by atoms with E-state index in [2.05, 4.69) is 6.58 Å². The molecule has 0 bridgehead atoms. The summed E-state index contributed by atoms with van der Waals surface area (Å²) in [4.78, 5) is 14.3. The molecule has 25 heavy (non-hydrogen) atoms. The van der Waals surface area contributed by atoms with Crippen LogP contribution >= 0.6 is 0 Å². The van der Waals surface area contributed by atoms with Gasteiger partial charge in [-0.25, -0.2) is 0 Å². The molecule has 1 rings (SSSR count). The second kappa shape index (κ2) is 10.6. The fourth-order valence-electron chi connectivity index (χ4n) is 2.94. The molecule has 1 unspecified atom stereocenters. The van der Waals surface area contributed by atoms with E-state index in [0.29, 0.717) is 31.9 Å². The summed E-state index contributed by atoms with van der Waals surface area (Å²) in [7, 11) is -4.28. The van der Waals surface area contributed by atoms with Gasteiger partial charge in [0.15, 0.2) is 0 Å². The van der Waals surface area contributed by atoms with E-state index in [1.807, 2.05) is 6.08 Å². The summed E-state index contributed by atoms with van der Waals surface area (Å²) in [5.41, 5.74) is 0. The maximum atomic E-state index is 12.6. The number of hydrogen-bond donors (Lipinski definition) is 3. The van der Waals surface area contributed by atoms with Crippen LogP contribution in [0.4, 0.5) is 0 Å². The van der Waals surface area contributed by atoms with Crippen LogP contribution < -0.4 is 0 Å². The van der Waals surface area contributed by atoms with Crippen LogP contribution in [0.15, 0.2) is 12.7 Å². The summed E-state index contributed by atoms with van der Waals surface area (Å²) in [6, 6.07) is 0. The van der Waals surface area contributed by atoms with Crippen molar-refractivity contribution < 1.29 is 32.6 Å². The van der Waals surface area contributed by atoms with Crippen LogP contribution in [-0.4, -0.2) is 88.9 Å². The lowest BCUT2D eigenvalue weighted by atomic mass is 10.1. The number of aliphatic hydroxyl groups excluding tert-OH is 2. The van der Waals surface area contributed by atoms with Gasteiger partial charge < -0.3 is 10.2 Å². The second-order valence-corrected chi connectivity index (χ2v) is 7.69. The molecule has 8 nitrogen and oxygen atoms in total. The smallest absolute Gasteiger partial charge is 0.316 e. The molecule has 1 aliphatic rings. The third-order valence-electron chi connectivity index (χ3n) is 4.00. The molecule has 0 saturated carbocycles. The van der Waals surface area contributed by atoms with Gasteiger partial charge in [-0.1, -0.05) is 12.5 Å². The normalized spacial score (nSPS) is 16.4. The third-order valence-corrected chi connectivity index (χ3v) is 4.81. The first-order chi connectivity index (χ1) is 11.8. The molecule has 3 N–H and O–H groups in total. The van der Waals surface area contributed by atoms with Gasteiger partial charge in [0, 0.05) is 6.42 Å². The van der Waals surface area contributed by atoms with Crippen LogP contribution in [0.1, 0.15) is 32.1 Å². The number of carbonyl (C=O) groups excluding carboxylic acids is 1. The van der Waals surface area contributed by atoms with Crippen LogP contribution in [0.2, 0.25) is 0 Å². The van der Waals surface area contributed by atoms with Crippen LogP contribution in [0.5, 0.6) is 0 Å². The van der Waals surface area contributed by atoms with Gasteiger partial charge in [0.25, 0.3) is 10.1 Å². The molecular formula is C16H29N2O6S+. The molecule has 0 aromatic carbocycles. The number of allylic oxidation sites excluding steroid dienone is 1. The average Bonchev–Trinajstić information content (AvgIpc) is 2.87. The summed E-state index contributed by atoms with van der Waals surface area (Å²) in [5.74, 6) is -0.442. The average molecular weight is 377 g/mol. The molecular weight excluding hydrogens is 348 g/mol. The Balaban J connectivity index is 2.76. The highest BCUT2D eigenvalue weighted by atomic mass is 32.2. The van der Waals surface area contributed by atoms with Crippen molar-refractivity contribution in [1.82, 2.24) is 4.90 Å². The molecule has 0 amide bonds. The molecule has 0 radical (unpaired) electrons. The minimum Gasteiger partial charge on any atom is -0.392 e. The Bertz CT molecular complexity index is 587. The number of aliphatic hydroxyl groups is 2. The topological polar surface area (TPSA) is 118 Å². The van der Waals surface area contributed by atoms with Crippen LogP contribution in [0, 0.1) is 0 Å². The monoisotopic (exact) mass is 377 g/mol. The zero-order valence-electron chi connectivity index (χ0n) is 14.5. The van der Waals surface area contributed by atoms with E-state index in [0.717, 1.165) is 25.7 Å². The van der Waals surface area contributed by atoms with E-state index < -0.39 is 22.0 Å². The lowest BCUT2D eigenvalue weighted by Gasteiger charge is -2.13. The van der Waals surface area contributed by atoms with Crippen LogP contribution in [0.25, 0.3) is 0 Å². The number of rotatable bonds is 13. The van der Waals surface area contributed by atoms with Gasteiger partial charge in [-0.2, -0.15) is 8.42 Å². The van der Waals surface area contributed by atoms with E-state index in [-0.39, 0.29) is 18.9 Å². The first-order valence-electron chi connectivity index (χ1n) is 8.53. The Morgan fingerprint density at radius 1 is 1.36 bits per heavy atom. The van der Waals surface area contributed by atoms with E-state index in [1.54, 1.807) is 9.48 Å². The molecule has 144 valence electrons. The van der Waals surface area contributed by atoms with Crippen molar-refractivity contribution >= 4 is 21.7 Å². The highest BCUT2D eigenvalue weighted by Crippen LogP contribution is 2.10. The summed E-state index contributed by atoms with van der Waals surface area (Å²) >= 11 is 0. The Morgan fingerprint density at radius 3 is 2.68 bits per heavy atom. The zero-order chi connectivity index (χ0) is 18.9. The minimum absolute atomic E-state index is 0.0563. The lowest BCUT2D eigenvalue weighted by Crippen LogP contribution is -2.40. The van der Waals surface area contributed by atoms with Gasteiger partial charge in [0.05, 0.1) is 6.61 Å². The van der Waals surface area contributed by atoms with Gasteiger partial charge in [-0.05, 0) is 19.3 Å². The number of amidine groups is 1. The Morgan fingerprint density at radius 2 is 2.08 bits per heavy atom. The van der Waals surface area contributed by atoms with E-state index >= 15 is 0 Å². The number of hydrogen-bond acceptors (Lipinski definition) is 6. The highest BCUT2D eigenvalue weighted by molar-refractivity contribution is 7.85. The molecule has 0 saturated heterocycles. The number of carbonyl (C=O) groups is 1. The van der Waals surface area contributed by atoms with Gasteiger partial charge >= 0.3 is 5.84 Å². The quantitative estimate of drug-likeness (QED) is 0.174. The Kier molecular flexibility index (Phi) is 9.26. The number of nitrogens with zero attached hydrogens (tertiary/aromatic N) is 2. The van der Waals surface area contributed by atoms with Gasteiger partial charge in [0.2, 0.25) is 5.78 Å². The molecule has 0 aliphatic carbocycles. The van der Waals surface area contributed by atoms with Crippen molar-refractivity contribution in [3.63, 3.8) is 0 Å². The number of ketones is 1. The standard InChI is InChI=1S/C16H28N2O6S/c1-2-3-4-5-6-7-15(21)16-17(10-11-19)8-9-18(16)12-14(20)13-25(22,23)24/h2,14,19-20H,1,3-13H2/p+1. The molecule has 0 aromatic heterocycles. The van der Waals surface area contributed by atoms with E-state index in [9.17, 15) is 18.3 Å². The van der Waals surface area contributed by atoms with E-state index in [4.69, 9.17) is 9.66 Å². The molecule has 0 spiro atoms. The second-order valence-electron chi connectivity index (χ2n) is 6.19. The lowest BCUT2D eigenvalue weighted by molar-refractivity contribution is -0.525. The number of β-amino-alcohol motifs (C(OH)–C–C–N with tert-alkyl or cyclic N) is 2. The fraction of sp³-hybridized carbons (Fsp3) is 0.750. The first kappa shape index (κ1) is 21.8. The predicted octanol–water partition coefficient (Wildman–Crippen LogP) is -0.340. The van der Waals surface area contributed by atoms with Crippen LogP contribution in [0.3, 0.4) is 0 Å². The number of Topliss-reactive ketones (excluding diaryl/α,β-unsaturated/α-hetero) is 1. The van der Waals surface area contributed by atoms with Crippen molar-refractivity contribution in [3.8, 4) is 0 Å². The first-order valence-corrected chi connectivity index (χ1v) is 10.1. The van der Waals surface area contributed by atoms with Crippen LogP contribution in [-0.2, 0) is 14.9 Å². The van der Waals surface area contributed by atoms with Gasteiger partial charge in [0.1, 0.15) is 38.0 Å². The fourth-order valence-corrected chi connectivity index (χ4v) is 3.53. The molecule has 9 heteroatoms. The maximum absolute atomic E-state index is 12.6. The maximum Gasteiger partial charge on any atom is 0.316 e. The molecule has 0 aromatic rings. The predicted molar refractivity (Wildman–Crippen MR) is 94.4 cm³/mol. The Hall–Kier alpha value is -1.29. The number of unbranched alkanes of at least 4 members (excludes halogenated alkanes) is 3. The molecule has 1 atom stereocenters. The van der Waals surface area contributed by atoms with Gasteiger partial charge in [-0.3, -0.25) is 18.8 Å². The van der Waals surface area contributed by atoms with Crippen molar-refractivity contribution in [2.45, 2.75) is 38.2 Å². The summed E-state index contributed by atoms with van der Waals surface area (Å²) < 4.78 is 32.2. The molecule has 1 aliphatic heterocycles. The van der Waals surface area contributed by atoms with Gasteiger partial charge in [-0.15, -0.1) is 6.58 Å². The van der Waals surface area contributed by atoms with Crippen molar-refractivity contribution in [3.05, 3.63) is 12.7 Å². The van der Waals surface area contributed by atoms with Crippen molar-refractivity contribution in [1.29, 1.82) is 0 Å². The highest BCUT2D eigenvalue weighted by Gasteiger charge is 2.36. The SMILES string of the molecule is C=CCCCCCC(=O)C1=[N+](CC(O)CS(=O)(=O)O)CCN1CCO. The molecule has 1 heterocycles. The summed E-state index contributed by atoms with van der Waals surface area (Å²) in [5, 5.41) is 19.0. The molecule has 0 fully saturated rings. The van der Waals surface area contributed by atoms with E-state index in [1.165, 1.54) is 0 Å². The van der Waals surface area contributed by atoms with Crippen molar-refractivity contribution in [2.75, 3.05) is 38.5 Å². The summed E-state index contributed by atoms with van der Waals surface area (Å²) in [6.45, 7) is 4.79. The summed E-state index contributed by atoms with van der Waals surface area (Å²) in [6.07, 6.45) is 4.45. The Labute approximate surface area is 149 Å². The third kappa shape index (κ3) is 8.08. The largest absolute Gasteiger partial charge is 0.392 e. The minimum atomic E-state index is -4.28.